The van der Waals surface area contributed by atoms with E-state index in [2.05, 4.69) is 5.16 Å². The first kappa shape index (κ1) is 15.5. The summed E-state index contributed by atoms with van der Waals surface area (Å²) in [4.78, 5) is 0.229. The highest BCUT2D eigenvalue weighted by Gasteiger charge is 2.23. The van der Waals surface area contributed by atoms with Gasteiger partial charge in [0.1, 0.15) is 5.84 Å². The molecule has 0 radical (unpaired) electrons. The first-order chi connectivity index (χ1) is 8.78. The van der Waals surface area contributed by atoms with Crippen LogP contribution in [-0.2, 0) is 10.0 Å². The minimum Gasteiger partial charge on any atom is -0.409 e. The zero-order chi connectivity index (χ0) is 14.6. The largest absolute Gasteiger partial charge is 0.409 e. The van der Waals surface area contributed by atoms with Crippen LogP contribution in [0.3, 0.4) is 0 Å². The molecule has 1 unspecified atom stereocenters. The molecule has 0 saturated heterocycles. The van der Waals surface area contributed by atoms with E-state index in [0.29, 0.717) is 0 Å². The standard InChI is InChI=1S/C12H19N3O3S/c1-9-4-6-11(7-5-9)19(17,18)15(3)8-10(2)12(13)14-16/h4-7,10,16H,8H2,1-3H3,(H2,13,14). The molecule has 0 aliphatic carbocycles. The predicted octanol–water partition coefficient (Wildman–Crippen LogP) is 0.998. The maximum absolute atomic E-state index is 12.3. The second-order valence-electron chi connectivity index (χ2n) is 4.52. The van der Waals surface area contributed by atoms with Gasteiger partial charge >= 0.3 is 0 Å². The third-order valence-corrected chi connectivity index (χ3v) is 4.72. The number of aryl methyl sites for hydroxylation is 1. The number of hydrogen-bond donors (Lipinski definition) is 2. The number of rotatable bonds is 5. The van der Waals surface area contributed by atoms with Gasteiger partial charge in [0.15, 0.2) is 0 Å². The molecule has 0 aliphatic rings. The van der Waals surface area contributed by atoms with E-state index in [4.69, 9.17) is 10.9 Å². The van der Waals surface area contributed by atoms with Crippen molar-refractivity contribution in [1.29, 1.82) is 0 Å². The van der Waals surface area contributed by atoms with Gasteiger partial charge in [-0.3, -0.25) is 0 Å². The van der Waals surface area contributed by atoms with Gasteiger partial charge in [-0.1, -0.05) is 29.8 Å². The van der Waals surface area contributed by atoms with Gasteiger partial charge in [0, 0.05) is 19.5 Å². The summed E-state index contributed by atoms with van der Waals surface area (Å²) in [7, 11) is -2.08. The van der Waals surface area contributed by atoms with E-state index in [0.717, 1.165) is 5.56 Å². The molecule has 106 valence electrons. The summed E-state index contributed by atoms with van der Waals surface area (Å²) in [6.07, 6.45) is 0. The topological polar surface area (TPSA) is 96.0 Å². The lowest BCUT2D eigenvalue weighted by Crippen LogP contribution is -2.36. The number of sulfonamides is 1. The van der Waals surface area contributed by atoms with Crippen molar-refractivity contribution >= 4 is 15.9 Å². The Labute approximate surface area is 113 Å². The van der Waals surface area contributed by atoms with Crippen LogP contribution in [0.15, 0.2) is 34.3 Å². The number of benzene rings is 1. The number of oxime groups is 1. The number of amidine groups is 1. The predicted molar refractivity (Wildman–Crippen MR) is 73.6 cm³/mol. The molecule has 0 spiro atoms. The van der Waals surface area contributed by atoms with E-state index in [9.17, 15) is 8.42 Å². The van der Waals surface area contributed by atoms with Crippen molar-refractivity contribution in [1.82, 2.24) is 4.31 Å². The van der Waals surface area contributed by atoms with Gasteiger partial charge in [-0.2, -0.15) is 0 Å². The molecule has 7 heteroatoms. The van der Waals surface area contributed by atoms with Gasteiger partial charge in [-0.15, -0.1) is 0 Å². The maximum Gasteiger partial charge on any atom is 0.242 e. The van der Waals surface area contributed by atoms with E-state index in [1.807, 2.05) is 6.92 Å². The smallest absolute Gasteiger partial charge is 0.242 e. The lowest BCUT2D eigenvalue weighted by molar-refractivity contribution is 0.312. The van der Waals surface area contributed by atoms with Crippen LogP contribution >= 0.6 is 0 Å². The Kier molecular flexibility index (Phi) is 4.90. The highest BCUT2D eigenvalue weighted by Crippen LogP contribution is 2.16. The molecule has 0 saturated carbocycles. The average molecular weight is 285 g/mol. The molecular formula is C12H19N3O3S. The Balaban J connectivity index is 2.91. The molecule has 0 heterocycles. The first-order valence-electron chi connectivity index (χ1n) is 5.79. The monoisotopic (exact) mass is 285 g/mol. The maximum atomic E-state index is 12.3. The van der Waals surface area contributed by atoms with Crippen molar-refractivity contribution in [2.75, 3.05) is 13.6 Å². The normalized spacial score (nSPS) is 14.6. The summed E-state index contributed by atoms with van der Waals surface area (Å²) in [6, 6.07) is 6.62. The van der Waals surface area contributed by atoms with E-state index in [1.54, 1.807) is 31.2 Å². The Morgan fingerprint density at radius 2 is 1.95 bits per heavy atom. The molecule has 0 aromatic heterocycles. The molecule has 3 N–H and O–H groups in total. The summed E-state index contributed by atoms with van der Waals surface area (Å²) in [5.74, 6) is -0.360. The van der Waals surface area contributed by atoms with Crippen LogP contribution < -0.4 is 5.73 Å². The Morgan fingerprint density at radius 3 is 2.42 bits per heavy atom. The van der Waals surface area contributed by atoms with E-state index >= 15 is 0 Å². The Hall–Kier alpha value is -1.60. The van der Waals surface area contributed by atoms with Crippen molar-refractivity contribution in [3.8, 4) is 0 Å². The van der Waals surface area contributed by atoms with Crippen molar-refractivity contribution in [3.05, 3.63) is 29.8 Å². The van der Waals surface area contributed by atoms with Gasteiger partial charge in [-0.25, -0.2) is 12.7 Å². The fourth-order valence-corrected chi connectivity index (χ4v) is 2.83. The lowest BCUT2D eigenvalue weighted by atomic mass is 10.2. The van der Waals surface area contributed by atoms with Crippen molar-refractivity contribution < 1.29 is 13.6 Å². The van der Waals surface area contributed by atoms with Gasteiger partial charge in [0.05, 0.1) is 4.90 Å². The van der Waals surface area contributed by atoms with Crippen LogP contribution in [0.5, 0.6) is 0 Å². The van der Waals surface area contributed by atoms with E-state index < -0.39 is 10.0 Å². The highest BCUT2D eigenvalue weighted by molar-refractivity contribution is 7.89. The van der Waals surface area contributed by atoms with Gasteiger partial charge in [-0.05, 0) is 19.1 Å². The van der Waals surface area contributed by atoms with Crippen LogP contribution in [0, 0.1) is 12.8 Å². The minimum absolute atomic E-state index is 0.00551. The zero-order valence-electron chi connectivity index (χ0n) is 11.2. The van der Waals surface area contributed by atoms with Crippen LogP contribution in [0.2, 0.25) is 0 Å². The summed E-state index contributed by atoms with van der Waals surface area (Å²) in [6.45, 7) is 3.73. The Bertz CT molecular complexity index is 552. The quantitative estimate of drug-likeness (QED) is 0.365. The highest BCUT2D eigenvalue weighted by atomic mass is 32.2. The zero-order valence-corrected chi connectivity index (χ0v) is 12.1. The second kappa shape index (κ2) is 6.03. The summed E-state index contributed by atoms with van der Waals surface area (Å²) < 4.78 is 25.7. The molecule has 19 heavy (non-hydrogen) atoms. The molecular weight excluding hydrogens is 266 g/mol. The lowest BCUT2D eigenvalue weighted by Gasteiger charge is -2.20. The average Bonchev–Trinajstić information content (AvgIpc) is 2.38. The summed E-state index contributed by atoms with van der Waals surface area (Å²) in [5, 5.41) is 11.4. The molecule has 0 aliphatic heterocycles. The fourth-order valence-electron chi connectivity index (χ4n) is 1.57. The van der Waals surface area contributed by atoms with Crippen LogP contribution in [0.1, 0.15) is 12.5 Å². The number of hydrogen-bond acceptors (Lipinski definition) is 4. The molecule has 1 aromatic carbocycles. The second-order valence-corrected chi connectivity index (χ2v) is 6.57. The van der Waals surface area contributed by atoms with Crippen LogP contribution in [-0.4, -0.2) is 37.4 Å². The molecule has 0 bridgehead atoms. The van der Waals surface area contributed by atoms with Crippen molar-refractivity contribution in [3.63, 3.8) is 0 Å². The van der Waals surface area contributed by atoms with Crippen molar-refractivity contribution in [2.24, 2.45) is 16.8 Å². The molecule has 0 amide bonds. The molecule has 6 nitrogen and oxygen atoms in total. The molecule has 1 atom stereocenters. The van der Waals surface area contributed by atoms with Crippen LogP contribution in [0.25, 0.3) is 0 Å². The fraction of sp³-hybridized carbons (Fsp3) is 0.417. The summed E-state index contributed by atoms with van der Waals surface area (Å²) >= 11 is 0. The van der Waals surface area contributed by atoms with Gasteiger partial charge in [0.2, 0.25) is 10.0 Å². The molecule has 1 aromatic rings. The summed E-state index contributed by atoms with van der Waals surface area (Å²) in [5.41, 5.74) is 6.44. The third kappa shape index (κ3) is 3.68. The van der Waals surface area contributed by atoms with Gasteiger partial charge in [0.25, 0.3) is 0 Å². The SMILES string of the molecule is Cc1ccc(S(=O)(=O)N(C)CC(C)C(N)=NO)cc1. The molecule has 0 fully saturated rings. The minimum atomic E-state index is -3.55. The van der Waals surface area contributed by atoms with Crippen molar-refractivity contribution in [2.45, 2.75) is 18.7 Å². The third-order valence-electron chi connectivity index (χ3n) is 2.88. The van der Waals surface area contributed by atoms with E-state index in [-0.39, 0.29) is 23.2 Å². The van der Waals surface area contributed by atoms with E-state index in [1.165, 1.54) is 11.4 Å². The number of nitrogens with two attached hydrogens (primary N) is 1. The first-order valence-corrected chi connectivity index (χ1v) is 7.23. The Morgan fingerprint density at radius 1 is 1.42 bits per heavy atom. The van der Waals surface area contributed by atoms with Gasteiger partial charge < -0.3 is 10.9 Å². The number of nitrogens with zero attached hydrogens (tertiary/aromatic N) is 2. The van der Waals surface area contributed by atoms with Crippen LogP contribution in [0.4, 0.5) is 0 Å². The molecule has 1 rings (SSSR count).